The second-order valence-corrected chi connectivity index (χ2v) is 5.82. The molecule has 5 heteroatoms. The number of carbonyl (C=O) groups is 1. The Balaban J connectivity index is 1.87. The summed E-state index contributed by atoms with van der Waals surface area (Å²) in [5.41, 5.74) is 3.51. The third-order valence-electron chi connectivity index (χ3n) is 3.63. The number of aryl methyl sites for hydroxylation is 1. The third kappa shape index (κ3) is 3.60. The van der Waals surface area contributed by atoms with Crippen molar-refractivity contribution in [2.24, 2.45) is 0 Å². The van der Waals surface area contributed by atoms with Crippen molar-refractivity contribution >= 4 is 23.2 Å². The fourth-order valence-electron chi connectivity index (χ4n) is 2.29. The second-order valence-electron chi connectivity index (χ2n) is 5.38. The Hall–Kier alpha value is -2.72. The van der Waals surface area contributed by atoms with E-state index in [9.17, 15) is 9.18 Å². The quantitative estimate of drug-likeness (QED) is 0.720. The lowest BCUT2D eigenvalue weighted by molar-refractivity contribution is 0.102. The number of halogens is 2. The fourth-order valence-corrected chi connectivity index (χ4v) is 2.46. The van der Waals surface area contributed by atoms with Crippen molar-refractivity contribution in [1.29, 1.82) is 0 Å². The van der Waals surface area contributed by atoms with Gasteiger partial charge in [-0.15, -0.1) is 0 Å². The van der Waals surface area contributed by atoms with Crippen LogP contribution in [-0.4, -0.2) is 10.9 Å². The minimum Gasteiger partial charge on any atom is -0.322 e. The summed E-state index contributed by atoms with van der Waals surface area (Å²) in [7, 11) is 0. The Morgan fingerprint density at radius 1 is 1.04 bits per heavy atom. The highest BCUT2D eigenvalue weighted by molar-refractivity contribution is 6.31. The number of rotatable bonds is 3. The van der Waals surface area contributed by atoms with Crippen LogP contribution in [0.4, 0.5) is 10.1 Å². The molecule has 0 saturated heterocycles. The van der Waals surface area contributed by atoms with Crippen LogP contribution in [0, 0.1) is 12.7 Å². The van der Waals surface area contributed by atoms with Gasteiger partial charge in [-0.25, -0.2) is 4.39 Å². The van der Waals surface area contributed by atoms with Gasteiger partial charge in [0.15, 0.2) is 0 Å². The summed E-state index contributed by atoms with van der Waals surface area (Å²) in [5, 5.41) is 3.38. The summed E-state index contributed by atoms with van der Waals surface area (Å²) in [5.74, 6) is -0.589. The molecule has 0 fully saturated rings. The monoisotopic (exact) mass is 340 g/mol. The molecule has 1 amide bonds. The highest BCUT2D eigenvalue weighted by Gasteiger charge is 2.10. The van der Waals surface area contributed by atoms with Gasteiger partial charge in [-0.05, 0) is 48.4 Å². The van der Waals surface area contributed by atoms with Gasteiger partial charge in [-0.1, -0.05) is 29.8 Å². The van der Waals surface area contributed by atoms with E-state index >= 15 is 0 Å². The van der Waals surface area contributed by atoms with E-state index in [4.69, 9.17) is 11.6 Å². The molecule has 24 heavy (non-hydrogen) atoms. The van der Waals surface area contributed by atoms with Gasteiger partial charge >= 0.3 is 0 Å². The number of aromatic nitrogens is 1. The van der Waals surface area contributed by atoms with Gasteiger partial charge in [0, 0.05) is 28.7 Å². The lowest BCUT2D eigenvalue weighted by Crippen LogP contribution is -2.13. The lowest BCUT2D eigenvalue weighted by Gasteiger charge is -2.09. The maximum Gasteiger partial charge on any atom is 0.257 e. The molecular weight excluding hydrogens is 327 g/mol. The zero-order valence-electron chi connectivity index (χ0n) is 12.9. The van der Waals surface area contributed by atoms with Crippen LogP contribution >= 0.6 is 11.6 Å². The molecule has 0 atom stereocenters. The first-order chi connectivity index (χ1) is 11.5. The van der Waals surface area contributed by atoms with Gasteiger partial charge in [0.25, 0.3) is 5.91 Å². The fraction of sp³-hybridized carbons (Fsp3) is 0.0526. The number of pyridine rings is 1. The van der Waals surface area contributed by atoms with Crippen molar-refractivity contribution in [1.82, 2.24) is 4.98 Å². The number of hydrogen-bond donors (Lipinski definition) is 1. The molecular formula is C19H14ClFN2O. The standard InChI is InChI=1S/C19H14ClFN2O/c1-12-2-5-16(20)9-18(12)23-19(24)15-8-14(10-22-11-15)13-3-6-17(21)7-4-13/h2-11H,1H3,(H,23,24). The van der Waals surface area contributed by atoms with E-state index in [1.807, 2.05) is 13.0 Å². The molecule has 2 aromatic carbocycles. The molecule has 0 unspecified atom stereocenters. The third-order valence-corrected chi connectivity index (χ3v) is 3.86. The Bertz CT molecular complexity index is 894. The van der Waals surface area contributed by atoms with Crippen LogP contribution < -0.4 is 5.32 Å². The van der Waals surface area contributed by atoms with Gasteiger partial charge in [-0.2, -0.15) is 0 Å². The zero-order valence-corrected chi connectivity index (χ0v) is 13.6. The van der Waals surface area contributed by atoms with Crippen molar-refractivity contribution in [2.45, 2.75) is 6.92 Å². The summed E-state index contributed by atoms with van der Waals surface area (Å²) in [6, 6.07) is 13.1. The molecule has 0 bridgehead atoms. The van der Waals surface area contributed by atoms with Crippen LogP contribution in [0.1, 0.15) is 15.9 Å². The summed E-state index contributed by atoms with van der Waals surface area (Å²) in [4.78, 5) is 16.6. The van der Waals surface area contributed by atoms with E-state index in [1.54, 1.807) is 36.5 Å². The van der Waals surface area contributed by atoms with Crippen LogP contribution in [0.15, 0.2) is 60.9 Å². The molecule has 0 radical (unpaired) electrons. The Kier molecular flexibility index (Phi) is 4.58. The van der Waals surface area contributed by atoms with E-state index in [1.165, 1.54) is 18.3 Å². The molecule has 0 spiro atoms. The predicted molar refractivity (Wildman–Crippen MR) is 93.8 cm³/mol. The second kappa shape index (κ2) is 6.81. The normalized spacial score (nSPS) is 10.5. The number of benzene rings is 2. The summed E-state index contributed by atoms with van der Waals surface area (Å²) in [6.45, 7) is 1.89. The molecule has 1 aromatic heterocycles. The van der Waals surface area contributed by atoms with Crippen LogP contribution in [0.25, 0.3) is 11.1 Å². The number of anilines is 1. The Morgan fingerprint density at radius 3 is 2.54 bits per heavy atom. The highest BCUT2D eigenvalue weighted by atomic mass is 35.5. The summed E-state index contributed by atoms with van der Waals surface area (Å²) in [6.07, 6.45) is 3.12. The Morgan fingerprint density at radius 2 is 1.79 bits per heavy atom. The Labute approximate surface area is 144 Å². The van der Waals surface area contributed by atoms with E-state index < -0.39 is 0 Å². The first-order valence-corrected chi connectivity index (χ1v) is 7.69. The van der Waals surface area contributed by atoms with E-state index in [0.717, 1.165) is 16.7 Å². The van der Waals surface area contributed by atoms with Gasteiger partial charge in [0.05, 0.1) is 5.56 Å². The van der Waals surface area contributed by atoms with Crippen LogP contribution in [0.5, 0.6) is 0 Å². The average Bonchev–Trinajstić information content (AvgIpc) is 2.59. The molecule has 0 aliphatic carbocycles. The van der Waals surface area contributed by atoms with Gasteiger partial charge < -0.3 is 5.32 Å². The summed E-state index contributed by atoms with van der Waals surface area (Å²) >= 11 is 5.97. The first kappa shape index (κ1) is 16.1. The SMILES string of the molecule is Cc1ccc(Cl)cc1NC(=O)c1cncc(-c2ccc(F)cc2)c1. The van der Waals surface area contributed by atoms with Crippen LogP contribution in [-0.2, 0) is 0 Å². The van der Waals surface area contributed by atoms with Crippen molar-refractivity contribution in [3.8, 4) is 11.1 Å². The maximum atomic E-state index is 13.0. The minimum absolute atomic E-state index is 0.281. The van der Waals surface area contributed by atoms with Gasteiger partial charge in [0.2, 0.25) is 0 Å². The lowest BCUT2D eigenvalue weighted by atomic mass is 10.1. The number of amides is 1. The van der Waals surface area contributed by atoms with Gasteiger partial charge in [0.1, 0.15) is 5.82 Å². The number of nitrogens with zero attached hydrogens (tertiary/aromatic N) is 1. The molecule has 1 N–H and O–H groups in total. The molecule has 0 aliphatic rings. The molecule has 0 saturated carbocycles. The van der Waals surface area contributed by atoms with Crippen molar-refractivity contribution in [3.63, 3.8) is 0 Å². The highest BCUT2D eigenvalue weighted by Crippen LogP contribution is 2.23. The van der Waals surface area contributed by atoms with Crippen molar-refractivity contribution in [2.75, 3.05) is 5.32 Å². The van der Waals surface area contributed by atoms with Crippen molar-refractivity contribution in [3.05, 3.63) is 82.9 Å². The maximum absolute atomic E-state index is 13.0. The molecule has 1 heterocycles. The molecule has 3 aromatic rings. The van der Waals surface area contributed by atoms with E-state index in [0.29, 0.717) is 16.3 Å². The molecule has 0 aliphatic heterocycles. The van der Waals surface area contributed by atoms with Gasteiger partial charge in [-0.3, -0.25) is 9.78 Å². The topological polar surface area (TPSA) is 42.0 Å². The average molecular weight is 341 g/mol. The van der Waals surface area contributed by atoms with Crippen LogP contribution in [0.2, 0.25) is 5.02 Å². The van der Waals surface area contributed by atoms with Crippen molar-refractivity contribution < 1.29 is 9.18 Å². The minimum atomic E-state index is -0.308. The molecule has 3 rings (SSSR count). The first-order valence-electron chi connectivity index (χ1n) is 7.31. The van der Waals surface area contributed by atoms with E-state index in [-0.39, 0.29) is 11.7 Å². The largest absolute Gasteiger partial charge is 0.322 e. The number of hydrogen-bond acceptors (Lipinski definition) is 2. The smallest absolute Gasteiger partial charge is 0.257 e. The number of nitrogens with one attached hydrogen (secondary N) is 1. The zero-order chi connectivity index (χ0) is 17.1. The van der Waals surface area contributed by atoms with E-state index in [2.05, 4.69) is 10.3 Å². The summed E-state index contributed by atoms with van der Waals surface area (Å²) < 4.78 is 13.0. The molecule has 3 nitrogen and oxygen atoms in total. The molecule has 120 valence electrons. The van der Waals surface area contributed by atoms with Crippen LogP contribution in [0.3, 0.4) is 0 Å². The number of carbonyl (C=O) groups excluding carboxylic acids is 1. The predicted octanol–water partition coefficient (Wildman–Crippen LogP) is 5.10.